The van der Waals surface area contributed by atoms with E-state index in [0.717, 1.165) is 108 Å². The number of aliphatic hydroxyl groups excluding tert-OH is 1. The predicted octanol–water partition coefficient (Wildman–Crippen LogP) is 22.2. The monoisotopic (exact) mass is 1400 g/mol. The summed E-state index contributed by atoms with van der Waals surface area (Å²) in [4.78, 5) is 72.8. The van der Waals surface area contributed by atoms with Crippen LogP contribution in [0.25, 0.3) is 0 Å². The largest absolute Gasteiger partial charge is 0.472 e. The van der Waals surface area contributed by atoms with Crippen LogP contribution in [0, 0.1) is 17.8 Å². The zero-order valence-corrected chi connectivity index (χ0v) is 63.9. The molecule has 0 aromatic heterocycles. The molecular weight excluding hydrogens is 1250 g/mol. The van der Waals surface area contributed by atoms with E-state index in [4.69, 9.17) is 37.0 Å². The second-order valence-corrected chi connectivity index (χ2v) is 31.7. The lowest BCUT2D eigenvalue weighted by atomic mass is 10.0. The van der Waals surface area contributed by atoms with Crippen LogP contribution in [-0.2, 0) is 65.4 Å². The minimum Gasteiger partial charge on any atom is -0.462 e. The van der Waals surface area contributed by atoms with E-state index in [-0.39, 0.29) is 25.7 Å². The molecule has 0 bridgehead atoms. The SMILES string of the molecule is CCCCCCCCCCCCCCCCCCCC(=O)O[C@H](COC(=O)CCCCCCCCCCCCCCC(C)C)COP(=O)(O)OC[C@@H](O)COP(=O)(O)OC[C@@H](COC(=O)CCCCCCCCC(C)C)OC(=O)CCCCCCCCCCCCCC(C)C. The smallest absolute Gasteiger partial charge is 0.462 e. The molecule has 19 heteroatoms. The number of carbonyl (C=O) groups excluding carboxylic acids is 4. The number of hydrogen-bond donors (Lipinski definition) is 3. The maximum atomic E-state index is 13.1. The molecule has 0 aliphatic rings. The summed E-state index contributed by atoms with van der Waals surface area (Å²) in [7, 11) is -9.91. The van der Waals surface area contributed by atoms with Gasteiger partial charge in [0, 0.05) is 25.7 Å². The van der Waals surface area contributed by atoms with Gasteiger partial charge in [-0.3, -0.25) is 37.3 Å². The molecule has 0 aromatic rings. The number of carbonyl (C=O) groups is 4. The first-order chi connectivity index (χ1) is 45.7. The van der Waals surface area contributed by atoms with E-state index in [1.165, 1.54) is 193 Å². The molecule has 0 aromatic carbocycles. The summed E-state index contributed by atoms with van der Waals surface area (Å²) in [5, 5.41) is 10.6. The van der Waals surface area contributed by atoms with E-state index in [0.29, 0.717) is 31.6 Å². The third kappa shape index (κ3) is 70.3. The summed E-state index contributed by atoms with van der Waals surface area (Å²) in [5.74, 6) is 0.108. The Labute approximate surface area is 581 Å². The van der Waals surface area contributed by atoms with E-state index >= 15 is 0 Å². The van der Waals surface area contributed by atoms with Crippen molar-refractivity contribution in [2.75, 3.05) is 39.6 Å². The molecule has 0 saturated heterocycles. The Morgan fingerprint density at radius 3 is 0.716 bits per heavy atom. The fourth-order valence-electron chi connectivity index (χ4n) is 11.6. The van der Waals surface area contributed by atoms with E-state index in [1.807, 2.05) is 0 Å². The number of esters is 4. The topological polar surface area (TPSA) is 237 Å². The average Bonchev–Trinajstić information content (AvgIpc) is 1.37. The quantitative estimate of drug-likeness (QED) is 0.0222. The van der Waals surface area contributed by atoms with Gasteiger partial charge in [0.1, 0.15) is 19.3 Å². The summed E-state index contributed by atoms with van der Waals surface area (Å²) in [6.45, 7) is 11.8. The highest BCUT2D eigenvalue weighted by Gasteiger charge is 2.30. The maximum absolute atomic E-state index is 13.1. The molecule has 0 radical (unpaired) electrons. The Bertz CT molecular complexity index is 1850. The molecule has 0 amide bonds. The van der Waals surface area contributed by atoms with Crippen molar-refractivity contribution in [3.63, 3.8) is 0 Å². The van der Waals surface area contributed by atoms with Gasteiger partial charge >= 0.3 is 39.5 Å². The number of rotatable bonds is 74. The standard InChI is InChI=1S/C76H148O17P2/c1-8-9-10-11-12-13-14-15-16-17-18-19-26-31-36-45-52-59-75(80)92-71(63-86-73(78)57-50-43-35-30-25-21-20-23-28-33-40-47-54-67(2)3)65-90-94(82,83)88-61-70(77)62-89-95(84,85)91-66-72(64-87-74(79)58-51-44-39-38-42-49-56-69(6)7)93-76(81)60-53-46-37-32-27-22-24-29-34-41-48-55-68(4)5/h67-72,77H,8-66H2,1-7H3,(H,82,83)(H,84,85)/t70-,71-,72-/m1/s1. The van der Waals surface area contributed by atoms with Gasteiger partial charge in [-0.1, -0.05) is 337 Å². The van der Waals surface area contributed by atoms with E-state index < -0.39 is 97.5 Å². The number of phosphoric ester groups is 2. The highest BCUT2D eigenvalue weighted by atomic mass is 31.2. The molecule has 0 saturated carbocycles. The molecule has 17 nitrogen and oxygen atoms in total. The minimum atomic E-state index is -4.96. The first-order valence-corrected chi connectivity index (χ1v) is 42.3. The van der Waals surface area contributed by atoms with Crippen LogP contribution in [0.5, 0.6) is 0 Å². The number of ether oxygens (including phenoxy) is 4. The van der Waals surface area contributed by atoms with Crippen molar-refractivity contribution in [3.8, 4) is 0 Å². The van der Waals surface area contributed by atoms with Crippen molar-refractivity contribution >= 4 is 39.5 Å². The number of hydrogen-bond acceptors (Lipinski definition) is 15. The second-order valence-electron chi connectivity index (χ2n) is 28.8. The molecule has 0 fully saturated rings. The molecule has 3 N–H and O–H groups in total. The molecule has 0 rings (SSSR count). The van der Waals surface area contributed by atoms with Gasteiger partial charge in [-0.05, 0) is 43.4 Å². The Hall–Kier alpha value is -1.94. The zero-order chi connectivity index (χ0) is 70.1. The van der Waals surface area contributed by atoms with Crippen LogP contribution in [0.15, 0.2) is 0 Å². The first kappa shape index (κ1) is 93.1. The van der Waals surface area contributed by atoms with E-state index in [1.54, 1.807) is 0 Å². The Morgan fingerprint density at radius 2 is 0.484 bits per heavy atom. The second kappa shape index (κ2) is 66.6. The zero-order valence-electron chi connectivity index (χ0n) is 62.1. The van der Waals surface area contributed by atoms with Crippen molar-refractivity contribution in [1.82, 2.24) is 0 Å². The molecule has 0 spiro atoms. The van der Waals surface area contributed by atoms with Crippen LogP contribution in [0.2, 0.25) is 0 Å². The van der Waals surface area contributed by atoms with Crippen molar-refractivity contribution in [2.45, 2.75) is 407 Å². The molecule has 564 valence electrons. The average molecular weight is 1400 g/mol. The molecular formula is C76H148O17P2. The van der Waals surface area contributed by atoms with Crippen LogP contribution in [0.1, 0.15) is 389 Å². The Morgan fingerprint density at radius 1 is 0.284 bits per heavy atom. The molecule has 0 heterocycles. The Balaban J connectivity index is 5.24. The van der Waals surface area contributed by atoms with Crippen LogP contribution in [0.4, 0.5) is 0 Å². The molecule has 0 aliphatic heterocycles. The van der Waals surface area contributed by atoms with Crippen molar-refractivity contribution in [1.29, 1.82) is 0 Å². The van der Waals surface area contributed by atoms with Gasteiger partial charge in [0.25, 0.3) is 0 Å². The number of phosphoric acid groups is 2. The van der Waals surface area contributed by atoms with E-state index in [9.17, 15) is 43.2 Å². The third-order valence-electron chi connectivity index (χ3n) is 17.6. The van der Waals surface area contributed by atoms with Crippen LogP contribution < -0.4 is 0 Å². The summed E-state index contributed by atoms with van der Waals surface area (Å²) < 4.78 is 68.5. The molecule has 0 aliphatic carbocycles. The minimum absolute atomic E-state index is 0.105. The van der Waals surface area contributed by atoms with Crippen molar-refractivity contribution < 1.29 is 80.2 Å². The predicted molar refractivity (Wildman–Crippen MR) is 386 cm³/mol. The van der Waals surface area contributed by atoms with Crippen LogP contribution in [0.3, 0.4) is 0 Å². The van der Waals surface area contributed by atoms with Gasteiger partial charge in [-0.2, -0.15) is 0 Å². The lowest BCUT2D eigenvalue weighted by Gasteiger charge is -2.21. The lowest BCUT2D eigenvalue weighted by Crippen LogP contribution is -2.30. The van der Waals surface area contributed by atoms with Crippen molar-refractivity contribution in [3.05, 3.63) is 0 Å². The van der Waals surface area contributed by atoms with Gasteiger partial charge in [-0.15, -0.1) is 0 Å². The van der Waals surface area contributed by atoms with E-state index in [2.05, 4.69) is 48.5 Å². The van der Waals surface area contributed by atoms with Gasteiger partial charge in [0.2, 0.25) is 0 Å². The molecule has 5 atom stereocenters. The van der Waals surface area contributed by atoms with Gasteiger partial charge in [-0.25, -0.2) is 9.13 Å². The van der Waals surface area contributed by atoms with Gasteiger partial charge < -0.3 is 33.8 Å². The summed E-state index contributed by atoms with van der Waals surface area (Å²) in [5.41, 5.74) is 0. The summed E-state index contributed by atoms with van der Waals surface area (Å²) >= 11 is 0. The third-order valence-corrected chi connectivity index (χ3v) is 19.5. The number of unbranched alkanes of at least 4 members (excludes halogenated alkanes) is 42. The highest BCUT2D eigenvalue weighted by Crippen LogP contribution is 2.45. The lowest BCUT2D eigenvalue weighted by molar-refractivity contribution is -0.161. The molecule has 2 unspecified atom stereocenters. The van der Waals surface area contributed by atoms with Crippen LogP contribution in [-0.4, -0.2) is 96.7 Å². The summed E-state index contributed by atoms with van der Waals surface area (Å²) in [6, 6.07) is 0. The highest BCUT2D eigenvalue weighted by molar-refractivity contribution is 7.47. The maximum Gasteiger partial charge on any atom is 0.472 e. The Kier molecular flexibility index (Phi) is 65.2. The number of aliphatic hydroxyl groups is 1. The molecule has 95 heavy (non-hydrogen) atoms. The normalized spacial score (nSPS) is 14.1. The van der Waals surface area contributed by atoms with Gasteiger partial charge in [0.15, 0.2) is 12.2 Å². The first-order valence-electron chi connectivity index (χ1n) is 39.3. The van der Waals surface area contributed by atoms with Gasteiger partial charge in [0.05, 0.1) is 26.4 Å². The summed E-state index contributed by atoms with van der Waals surface area (Å²) in [6.07, 6.45) is 52.8. The van der Waals surface area contributed by atoms with Crippen LogP contribution >= 0.6 is 15.6 Å². The fraction of sp³-hybridized carbons (Fsp3) is 0.947. The fourth-order valence-corrected chi connectivity index (χ4v) is 13.2. The van der Waals surface area contributed by atoms with Crippen molar-refractivity contribution in [2.24, 2.45) is 17.8 Å².